The van der Waals surface area contributed by atoms with Crippen LogP contribution in [0.1, 0.15) is 20.7 Å². The second-order valence-electron chi connectivity index (χ2n) is 5.88. The van der Waals surface area contributed by atoms with E-state index in [-0.39, 0.29) is 21.2 Å². The lowest BCUT2D eigenvalue weighted by Gasteiger charge is -2.09. The van der Waals surface area contributed by atoms with Crippen LogP contribution in [0.5, 0.6) is 0 Å². The SMILES string of the molecule is O=C(O)c1cc(Cl)c(Cl)cc1C(=O)Nc1ccc2c(c1)oc1ccccc12. The zero-order chi connectivity index (χ0) is 19.1. The minimum atomic E-state index is -1.27. The molecule has 0 spiro atoms. The number of furan rings is 1. The maximum absolute atomic E-state index is 12.6. The number of para-hydroxylation sites is 1. The van der Waals surface area contributed by atoms with Crippen molar-refractivity contribution in [1.82, 2.24) is 0 Å². The molecule has 0 radical (unpaired) electrons. The Morgan fingerprint density at radius 2 is 1.52 bits per heavy atom. The smallest absolute Gasteiger partial charge is 0.336 e. The minimum Gasteiger partial charge on any atom is -0.478 e. The molecule has 1 amide bonds. The van der Waals surface area contributed by atoms with Gasteiger partial charge in [-0.3, -0.25) is 4.79 Å². The molecule has 0 bridgehead atoms. The van der Waals surface area contributed by atoms with E-state index < -0.39 is 11.9 Å². The lowest BCUT2D eigenvalue weighted by molar-refractivity contribution is 0.0692. The highest BCUT2D eigenvalue weighted by Crippen LogP contribution is 2.31. The molecule has 0 fully saturated rings. The average Bonchev–Trinajstić information content (AvgIpc) is 3.01. The largest absolute Gasteiger partial charge is 0.478 e. The monoisotopic (exact) mass is 399 g/mol. The minimum absolute atomic E-state index is 0.0642. The Balaban J connectivity index is 1.72. The van der Waals surface area contributed by atoms with Crippen LogP contribution in [0.25, 0.3) is 21.9 Å². The summed E-state index contributed by atoms with van der Waals surface area (Å²) in [6.45, 7) is 0. The van der Waals surface area contributed by atoms with Crippen LogP contribution in [-0.2, 0) is 0 Å². The first-order valence-electron chi connectivity index (χ1n) is 7.89. The molecule has 4 rings (SSSR count). The number of carbonyl (C=O) groups is 2. The van der Waals surface area contributed by atoms with E-state index in [4.69, 9.17) is 27.6 Å². The average molecular weight is 400 g/mol. The maximum Gasteiger partial charge on any atom is 0.336 e. The van der Waals surface area contributed by atoms with Gasteiger partial charge in [-0.2, -0.15) is 0 Å². The van der Waals surface area contributed by atoms with Crippen LogP contribution in [0.3, 0.4) is 0 Å². The number of carbonyl (C=O) groups excluding carboxylic acids is 1. The molecule has 5 nitrogen and oxygen atoms in total. The van der Waals surface area contributed by atoms with E-state index in [1.54, 1.807) is 12.1 Å². The zero-order valence-corrected chi connectivity index (χ0v) is 15.1. The number of amides is 1. The third-order valence-electron chi connectivity index (χ3n) is 4.17. The van der Waals surface area contributed by atoms with Crippen LogP contribution in [0.2, 0.25) is 10.0 Å². The first kappa shape index (κ1) is 17.4. The molecule has 134 valence electrons. The van der Waals surface area contributed by atoms with Crippen molar-refractivity contribution in [1.29, 1.82) is 0 Å². The van der Waals surface area contributed by atoms with E-state index in [0.717, 1.165) is 22.4 Å². The third kappa shape index (κ3) is 3.12. The summed E-state index contributed by atoms with van der Waals surface area (Å²) >= 11 is 11.8. The molecule has 27 heavy (non-hydrogen) atoms. The standard InChI is InChI=1S/C20H11Cl2NO4/c21-15-8-13(14(20(25)26)9-16(15)22)19(24)23-10-5-6-12-11-3-1-2-4-17(11)27-18(12)7-10/h1-9H,(H,23,24)(H,25,26). The van der Waals surface area contributed by atoms with Gasteiger partial charge >= 0.3 is 5.97 Å². The van der Waals surface area contributed by atoms with Crippen molar-refractivity contribution in [2.45, 2.75) is 0 Å². The first-order valence-corrected chi connectivity index (χ1v) is 8.64. The van der Waals surface area contributed by atoms with Crippen molar-refractivity contribution in [2.75, 3.05) is 5.32 Å². The zero-order valence-electron chi connectivity index (χ0n) is 13.6. The Morgan fingerprint density at radius 1 is 0.852 bits per heavy atom. The molecule has 0 saturated carbocycles. The highest BCUT2D eigenvalue weighted by molar-refractivity contribution is 6.42. The van der Waals surface area contributed by atoms with Crippen molar-refractivity contribution in [3.63, 3.8) is 0 Å². The van der Waals surface area contributed by atoms with Crippen molar-refractivity contribution in [3.05, 3.63) is 75.8 Å². The molecule has 2 N–H and O–H groups in total. The van der Waals surface area contributed by atoms with Gasteiger partial charge in [0.1, 0.15) is 11.2 Å². The molecular weight excluding hydrogens is 389 g/mol. The Bertz CT molecular complexity index is 1230. The molecule has 0 aliphatic heterocycles. The van der Waals surface area contributed by atoms with Crippen molar-refractivity contribution in [3.8, 4) is 0 Å². The van der Waals surface area contributed by atoms with E-state index in [9.17, 15) is 14.7 Å². The van der Waals surface area contributed by atoms with Gasteiger partial charge in [-0.1, -0.05) is 41.4 Å². The fraction of sp³-hybridized carbons (Fsp3) is 0. The summed E-state index contributed by atoms with van der Waals surface area (Å²) in [5.74, 6) is -1.88. The van der Waals surface area contributed by atoms with Gasteiger partial charge in [-0.15, -0.1) is 0 Å². The predicted molar refractivity (Wildman–Crippen MR) is 105 cm³/mol. The van der Waals surface area contributed by atoms with Gasteiger partial charge in [0.05, 0.1) is 21.2 Å². The fourth-order valence-electron chi connectivity index (χ4n) is 2.91. The van der Waals surface area contributed by atoms with Crippen LogP contribution in [0, 0.1) is 0 Å². The highest BCUT2D eigenvalue weighted by atomic mass is 35.5. The highest BCUT2D eigenvalue weighted by Gasteiger charge is 2.19. The molecule has 1 aromatic heterocycles. The molecule has 0 aliphatic carbocycles. The summed E-state index contributed by atoms with van der Waals surface area (Å²) < 4.78 is 5.79. The normalized spacial score (nSPS) is 11.0. The molecule has 3 aromatic carbocycles. The summed E-state index contributed by atoms with van der Waals surface area (Å²) in [5, 5.41) is 14.1. The summed E-state index contributed by atoms with van der Waals surface area (Å²) in [6.07, 6.45) is 0. The van der Waals surface area contributed by atoms with E-state index in [2.05, 4.69) is 5.32 Å². The van der Waals surface area contributed by atoms with Crippen LogP contribution in [-0.4, -0.2) is 17.0 Å². The molecule has 7 heteroatoms. The van der Waals surface area contributed by atoms with Gasteiger partial charge in [0, 0.05) is 22.5 Å². The summed E-state index contributed by atoms with van der Waals surface area (Å²) in [6, 6.07) is 15.3. The second-order valence-corrected chi connectivity index (χ2v) is 6.69. The van der Waals surface area contributed by atoms with Gasteiger partial charge in [0.25, 0.3) is 5.91 Å². The van der Waals surface area contributed by atoms with Crippen LogP contribution < -0.4 is 5.32 Å². The van der Waals surface area contributed by atoms with Gasteiger partial charge in [-0.25, -0.2) is 4.79 Å². The lowest BCUT2D eigenvalue weighted by atomic mass is 10.1. The van der Waals surface area contributed by atoms with Gasteiger partial charge in [-0.05, 0) is 30.3 Å². The Kier molecular flexibility index (Phi) is 4.26. The molecule has 4 aromatic rings. The number of carboxylic acid groups (broad SMARTS) is 1. The van der Waals surface area contributed by atoms with Crippen LogP contribution in [0.4, 0.5) is 5.69 Å². The van der Waals surface area contributed by atoms with Crippen LogP contribution in [0.15, 0.2) is 59.0 Å². The first-order chi connectivity index (χ1) is 12.9. The molecule has 0 aliphatic rings. The van der Waals surface area contributed by atoms with Gasteiger partial charge < -0.3 is 14.8 Å². The predicted octanol–water partition coefficient (Wildman–Crippen LogP) is 5.84. The number of hydrogen-bond donors (Lipinski definition) is 2. The molecular formula is C20H11Cl2NO4. The number of aromatic carboxylic acids is 1. The van der Waals surface area contributed by atoms with Crippen molar-refractivity contribution in [2.24, 2.45) is 0 Å². The summed E-state index contributed by atoms with van der Waals surface area (Å²) in [4.78, 5) is 24.0. The molecule has 1 heterocycles. The Morgan fingerprint density at radius 3 is 2.26 bits per heavy atom. The van der Waals surface area contributed by atoms with Gasteiger partial charge in [0.15, 0.2) is 0 Å². The second kappa shape index (κ2) is 6.61. The number of benzene rings is 3. The number of hydrogen-bond acceptors (Lipinski definition) is 3. The third-order valence-corrected chi connectivity index (χ3v) is 4.89. The number of fused-ring (bicyclic) bond motifs is 3. The summed E-state index contributed by atoms with van der Waals surface area (Å²) in [7, 11) is 0. The van der Waals surface area contributed by atoms with Crippen molar-refractivity contribution >= 4 is 62.7 Å². The topological polar surface area (TPSA) is 79.5 Å². The quantitative estimate of drug-likeness (QED) is 0.453. The van der Waals surface area contributed by atoms with Gasteiger partial charge in [0.2, 0.25) is 0 Å². The molecule has 0 atom stereocenters. The number of carboxylic acids is 1. The number of anilines is 1. The summed E-state index contributed by atoms with van der Waals surface area (Å²) in [5.41, 5.74) is 1.51. The lowest BCUT2D eigenvalue weighted by Crippen LogP contribution is -2.16. The van der Waals surface area contributed by atoms with Crippen molar-refractivity contribution < 1.29 is 19.1 Å². The van der Waals surface area contributed by atoms with E-state index in [1.165, 1.54) is 6.07 Å². The van der Waals surface area contributed by atoms with E-state index >= 15 is 0 Å². The Labute approximate surface area is 163 Å². The number of halogens is 2. The Hall–Kier alpha value is -3.02. The van der Waals surface area contributed by atoms with Crippen LogP contribution >= 0.6 is 23.2 Å². The maximum atomic E-state index is 12.6. The van der Waals surface area contributed by atoms with E-state index in [1.807, 2.05) is 30.3 Å². The molecule has 0 unspecified atom stereocenters. The molecule has 0 saturated heterocycles. The number of nitrogens with one attached hydrogen (secondary N) is 1. The number of rotatable bonds is 3. The fourth-order valence-corrected chi connectivity index (χ4v) is 3.24. The van der Waals surface area contributed by atoms with E-state index in [0.29, 0.717) is 11.3 Å².